The van der Waals surface area contributed by atoms with Gasteiger partial charge in [-0.15, -0.1) is 10.2 Å². The SMILES string of the molecule is COc1ccc(N(Cc2ccc(-c3nnc(C(F)F)o3)cc2)C(=O)N2CCS(=O)(=O)CC2)cc1. The van der Waals surface area contributed by atoms with Gasteiger partial charge in [0.25, 0.3) is 5.89 Å². The number of methoxy groups -OCH3 is 1. The van der Waals surface area contributed by atoms with Gasteiger partial charge in [-0.1, -0.05) is 12.1 Å². The number of urea groups is 1. The molecule has 1 aliphatic rings. The van der Waals surface area contributed by atoms with E-state index in [1.807, 2.05) is 0 Å². The number of carbonyl (C=O) groups is 1. The van der Waals surface area contributed by atoms with Crippen LogP contribution in [-0.4, -0.2) is 61.3 Å². The van der Waals surface area contributed by atoms with Gasteiger partial charge < -0.3 is 14.1 Å². The number of rotatable bonds is 6. The lowest BCUT2D eigenvalue weighted by atomic mass is 10.1. The summed E-state index contributed by atoms with van der Waals surface area (Å²) in [4.78, 5) is 16.4. The van der Waals surface area contributed by atoms with E-state index in [1.165, 1.54) is 4.90 Å². The highest BCUT2D eigenvalue weighted by atomic mass is 32.2. The number of hydrogen-bond acceptors (Lipinski definition) is 7. The summed E-state index contributed by atoms with van der Waals surface area (Å²) >= 11 is 0. The maximum absolute atomic E-state index is 13.3. The Labute approximate surface area is 194 Å². The van der Waals surface area contributed by atoms with E-state index < -0.39 is 22.2 Å². The molecule has 2 heterocycles. The molecule has 0 unspecified atom stereocenters. The van der Waals surface area contributed by atoms with Crippen LogP contribution >= 0.6 is 0 Å². The van der Waals surface area contributed by atoms with Gasteiger partial charge in [0.15, 0.2) is 9.84 Å². The number of sulfone groups is 1. The molecule has 0 saturated carbocycles. The average molecular weight is 493 g/mol. The molecule has 1 saturated heterocycles. The first-order valence-electron chi connectivity index (χ1n) is 10.4. The molecule has 0 radical (unpaired) electrons. The van der Waals surface area contributed by atoms with Crippen molar-refractivity contribution in [3.63, 3.8) is 0 Å². The van der Waals surface area contributed by atoms with E-state index in [0.29, 0.717) is 17.0 Å². The largest absolute Gasteiger partial charge is 0.497 e. The summed E-state index contributed by atoms with van der Waals surface area (Å²) in [5.41, 5.74) is 1.83. The highest BCUT2D eigenvalue weighted by Gasteiger charge is 2.29. The van der Waals surface area contributed by atoms with E-state index in [1.54, 1.807) is 60.5 Å². The molecule has 1 aliphatic heterocycles. The molecule has 1 aromatic heterocycles. The molecule has 1 fully saturated rings. The minimum atomic E-state index is -3.14. The second-order valence-electron chi connectivity index (χ2n) is 7.65. The normalized spacial score (nSPS) is 15.4. The van der Waals surface area contributed by atoms with Gasteiger partial charge in [-0.3, -0.25) is 4.90 Å². The zero-order valence-corrected chi connectivity index (χ0v) is 19.0. The number of nitrogens with zero attached hydrogens (tertiary/aromatic N) is 4. The summed E-state index contributed by atoms with van der Waals surface area (Å²) in [5.74, 6) is -0.297. The van der Waals surface area contributed by atoms with Crippen LogP contribution in [0.3, 0.4) is 0 Å². The lowest BCUT2D eigenvalue weighted by Crippen LogP contribution is -2.49. The van der Waals surface area contributed by atoms with Crippen LogP contribution < -0.4 is 9.64 Å². The number of anilines is 1. The summed E-state index contributed by atoms with van der Waals surface area (Å²) < 4.78 is 59.1. The van der Waals surface area contributed by atoms with Gasteiger partial charge in [0, 0.05) is 24.3 Å². The molecule has 0 bridgehead atoms. The topological polar surface area (TPSA) is 106 Å². The third kappa shape index (κ3) is 5.33. The maximum Gasteiger partial charge on any atom is 0.324 e. The Bertz CT molecular complexity index is 1230. The van der Waals surface area contributed by atoms with E-state index in [9.17, 15) is 22.0 Å². The van der Waals surface area contributed by atoms with Crippen LogP contribution in [0.15, 0.2) is 52.9 Å². The maximum atomic E-state index is 13.3. The Kier molecular flexibility index (Phi) is 6.77. The summed E-state index contributed by atoms with van der Waals surface area (Å²) in [7, 11) is -1.60. The van der Waals surface area contributed by atoms with Gasteiger partial charge in [0.2, 0.25) is 5.89 Å². The minimum absolute atomic E-state index is 0.0283. The van der Waals surface area contributed by atoms with Crippen molar-refractivity contribution in [1.82, 2.24) is 15.1 Å². The molecule has 9 nitrogen and oxygen atoms in total. The van der Waals surface area contributed by atoms with E-state index in [0.717, 1.165) is 5.56 Å². The predicted octanol–water partition coefficient (Wildman–Crippen LogP) is 3.54. The summed E-state index contributed by atoms with van der Waals surface area (Å²) in [6.45, 7) is 0.438. The Morgan fingerprint density at radius 1 is 1.09 bits per heavy atom. The van der Waals surface area contributed by atoms with Crippen molar-refractivity contribution in [2.24, 2.45) is 0 Å². The van der Waals surface area contributed by atoms with Crippen molar-refractivity contribution in [2.45, 2.75) is 13.0 Å². The standard InChI is InChI=1S/C22H22F2N4O5S/c1-32-18-8-6-17(7-9-18)28(22(29)27-10-12-34(30,31)13-11-27)14-15-2-4-16(5-3-15)20-25-26-21(33-20)19(23)24/h2-9,19H,10-14H2,1H3. The van der Waals surface area contributed by atoms with Crippen LogP contribution in [-0.2, 0) is 16.4 Å². The molecular weight excluding hydrogens is 470 g/mol. The van der Waals surface area contributed by atoms with E-state index in [4.69, 9.17) is 9.15 Å². The summed E-state index contributed by atoms with van der Waals surface area (Å²) in [5, 5.41) is 6.96. The van der Waals surface area contributed by atoms with Gasteiger partial charge >= 0.3 is 12.5 Å². The van der Waals surface area contributed by atoms with Crippen LogP contribution in [0.4, 0.5) is 19.3 Å². The number of alkyl halides is 2. The quantitative estimate of drug-likeness (QED) is 0.518. The highest BCUT2D eigenvalue weighted by molar-refractivity contribution is 7.91. The smallest absolute Gasteiger partial charge is 0.324 e. The molecule has 4 rings (SSSR count). The summed E-state index contributed by atoms with van der Waals surface area (Å²) in [6.07, 6.45) is -2.85. The number of benzene rings is 2. The molecule has 0 N–H and O–H groups in total. The van der Waals surface area contributed by atoms with Crippen molar-refractivity contribution in [1.29, 1.82) is 0 Å². The second kappa shape index (κ2) is 9.75. The lowest BCUT2D eigenvalue weighted by molar-refractivity contribution is 0.116. The molecule has 0 atom stereocenters. The number of carbonyl (C=O) groups excluding carboxylic acids is 1. The van der Waals surface area contributed by atoms with Gasteiger partial charge in [-0.2, -0.15) is 8.78 Å². The predicted molar refractivity (Wildman–Crippen MR) is 119 cm³/mol. The third-order valence-electron chi connectivity index (χ3n) is 5.40. The second-order valence-corrected chi connectivity index (χ2v) is 9.95. The van der Waals surface area contributed by atoms with Gasteiger partial charge in [0.05, 0.1) is 25.2 Å². The number of hydrogen-bond donors (Lipinski definition) is 0. The number of halogens is 2. The van der Waals surface area contributed by atoms with Crippen LogP contribution in [0.2, 0.25) is 0 Å². The molecule has 0 aliphatic carbocycles. The van der Waals surface area contributed by atoms with Crippen LogP contribution in [0.5, 0.6) is 5.75 Å². The van der Waals surface area contributed by atoms with Crippen molar-refractivity contribution < 1.29 is 31.1 Å². The molecule has 34 heavy (non-hydrogen) atoms. The van der Waals surface area contributed by atoms with Crippen molar-refractivity contribution in [3.8, 4) is 17.2 Å². The third-order valence-corrected chi connectivity index (χ3v) is 7.01. The molecule has 0 spiro atoms. The molecule has 180 valence electrons. The molecular formula is C22H22F2N4O5S. The fourth-order valence-electron chi connectivity index (χ4n) is 3.48. The van der Waals surface area contributed by atoms with Crippen molar-refractivity contribution in [3.05, 3.63) is 60.0 Å². The van der Waals surface area contributed by atoms with Crippen molar-refractivity contribution in [2.75, 3.05) is 36.6 Å². The monoisotopic (exact) mass is 492 g/mol. The Morgan fingerprint density at radius 3 is 2.29 bits per heavy atom. The number of aromatic nitrogens is 2. The summed E-state index contributed by atoms with van der Waals surface area (Å²) in [6, 6.07) is 13.4. The minimum Gasteiger partial charge on any atom is -0.497 e. The fourth-order valence-corrected chi connectivity index (χ4v) is 4.68. The van der Waals surface area contributed by atoms with E-state index in [2.05, 4.69) is 10.2 Å². The molecule has 2 aromatic carbocycles. The first-order valence-corrected chi connectivity index (χ1v) is 12.2. The van der Waals surface area contributed by atoms with Gasteiger partial charge in [0.1, 0.15) is 5.75 Å². The number of amides is 2. The highest BCUT2D eigenvalue weighted by Crippen LogP contribution is 2.26. The van der Waals surface area contributed by atoms with Gasteiger partial charge in [-0.05, 0) is 42.0 Å². The molecule has 12 heteroatoms. The van der Waals surface area contributed by atoms with Crippen LogP contribution in [0, 0.1) is 0 Å². The molecule has 2 amide bonds. The Morgan fingerprint density at radius 2 is 1.74 bits per heavy atom. The average Bonchev–Trinajstić information content (AvgIpc) is 3.33. The zero-order valence-electron chi connectivity index (χ0n) is 18.2. The van der Waals surface area contributed by atoms with Crippen LogP contribution in [0.1, 0.15) is 17.9 Å². The Hall–Kier alpha value is -3.54. The first kappa shape index (κ1) is 23.6. The zero-order chi connectivity index (χ0) is 24.3. The first-order chi connectivity index (χ1) is 16.3. The van der Waals surface area contributed by atoms with E-state index >= 15 is 0 Å². The lowest BCUT2D eigenvalue weighted by Gasteiger charge is -2.33. The van der Waals surface area contributed by atoms with Crippen LogP contribution in [0.25, 0.3) is 11.5 Å². The van der Waals surface area contributed by atoms with E-state index in [-0.39, 0.29) is 43.1 Å². The fraction of sp³-hybridized carbons (Fsp3) is 0.318. The molecule has 3 aromatic rings. The van der Waals surface area contributed by atoms with Gasteiger partial charge in [-0.25, -0.2) is 13.2 Å². The number of ether oxygens (including phenoxy) is 1. The Balaban J connectivity index is 1.56. The van der Waals surface area contributed by atoms with Crippen molar-refractivity contribution >= 4 is 21.6 Å².